The van der Waals surface area contributed by atoms with E-state index in [0.29, 0.717) is 0 Å². The largest absolute Gasteiger partial charge is 0.435 e. The lowest BCUT2D eigenvalue weighted by Crippen LogP contribution is -2.23. The summed E-state index contributed by atoms with van der Waals surface area (Å²) in [7, 11) is 0. The molecule has 0 heterocycles. The summed E-state index contributed by atoms with van der Waals surface area (Å²) in [6.45, 7) is 0.177. The van der Waals surface area contributed by atoms with Crippen molar-refractivity contribution in [2.45, 2.75) is 51.7 Å². The highest BCUT2D eigenvalue weighted by atomic mass is 19.3. The number of hydrogen-bond acceptors (Lipinski definition) is 2. The molecule has 1 aromatic rings. The Morgan fingerprint density at radius 1 is 1.30 bits per heavy atom. The fourth-order valence-electron chi connectivity index (χ4n) is 3.07. The van der Waals surface area contributed by atoms with Crippen LogP contribution < -0.4 is 10.1 Å². The second-order valence-corrected chi connectivity index (χ2v) is 5.45. The van der Waals surface area contributed by atoms with Crippen LogP contribution in [0.1, 0.15) is 50.6 Å². The molecule has 1 aliphatic rings. The molecule has 1 fully saturated rings. The summed E-state index contributed by atoms with van der Waals surface area (Å²) in [5.74, 6) is 0.991. The van der Waals surface area contributed by atoms with E-state index in [1.54, 1.807) is 18.2 Å². The van der Waals surface area contributed by atoms with Gasteiger partial charge >= 0.3 is 6.61 Å². The molecule has 1 unspecified atom stereocenters. The number of nitrogens with one attached hydrogen (secondary N) is 1. The third-order valence-corrected chi connectivity index (χ3v) is 3.98. The van der Waals surface area contributed by atoms with E-state index in [-0.39, 0.29) is 11.8 Å². The predicted molar refractivity (Wildman–Crippen MR) is 76.1 cm³/mol. The van der Waals surface area contributed by atoms with Gasteiger partial charge in [-0.05, 0) is 36.6 Å². The fourth-order valence-corrected chi connectivity index (χ4v) is 3.07. The van der Waals surface area contributed by atoms with Crippen molar-refractivity contribution in [2.24, 2.45) is 5.92 Å². The van der Waals surface area contributed by atoms with E-state index in [4.69, 9.17) is 0 Å². The van der Waals surface area contributed by atoms with Crippen molar-refractivity contribution in [1.82, 2.24) is 5.32 Å². The summed E-state index contributed by atoms with van der Waals surface area (Å²) in [5.41, 5.74) is 1.04. The lowest BCUT2D eigenvalue weighted by Gasteiger charge is -2.22. The maximum absolute atomic E-state index is 12.3. The van der Waals surface area contributed by atoms with Gasteiger partial charge < -0.3 is 10.1 Å². The van der Waals surface area contributed by atoms with Crippen LogP contribution in [-0.2, 0) is 0 Å². The summed E-state index contributed by atoms with van der Waals surface area (Å²) < 4.78 is 29.1. The molecule has 0 aliphatic heterocycles. The fraction of sp³-hybridized carbons (Fsp3) is 0.625. The minimum Gasteiger partial charge on any atom is -0.435 e. The van der Waals surface area contributed by atoms with Gasteiger partial charge in [-0.1, -0.05) is 44.7 Å². The van der Waals surface area contributed by atoms with Crippen LogP contribution in [0.25, 0.3) is 0 Å². The van der Waals surface area contributed by atoms with Crippen LogP contribution in [0, 0.1) is 5.92 Å². The molecule has 0 aromatic heterocycles. The van der Waals surface area contributed by atoms with Gasteiger partial charge in [0.05, 0.1) is 0 Å². The number of halogens is 2. The molecule has 1 aromatic carbocycles. The van der Waals surface area contributed by atoms with E-state index in [0.717, 1.165) is 24.4 Å². The number of rotatable bonds is 7. The number of ether oxygens (including phenoxy) is 1. The minimum absolute atomic E-state index is 0.226. The van der Waals surface area contributed by atoms with Crippen molar-refractivity contribution in [1.29, 1.82) is 0 Å². The van der Waals surface area contributed by atoms with E-state index in [1.165, 1.54) is 25.7 Å². The molecule has 4 heteroatoms. The summed E-state index contributed by atoms with van der Waals surface area (Å²) in [6, 6.07) is 7.30. The second-order valence-electron chi connectivity index (χ2n) is 5.45. The Morgan fingerprint density at radius 3 is 2.70 bits per heavy atom. The lowest BCUT2D eigenvalue weighted by atomic mass is 9.93. The Bertz CT molecular complexity index is 405. The maximum Gasteiger partial charge on any atom is 0.387 e. The molecule has 0 amide bonds. The number of hydrogen-bond donors (Lipinski definition) is 1. The summed E-state index contributed by atoms with van der Waals surface area (Å²) in [6.07, 6.45) is 6.28. The molecular weight excluding hydrogens is 260 g/mol. The molecule has 0 saturated heterocycles. The zero-order valence-electron chi connectivity index (χ0n) is 11.9. The Labute approximate surface area is 119 Å². The molecule has 20 heavy (non-hydrogen) atoms. The normalized spacial score (nSPS) is 17.6. The molecule has 112 valence electrons. The smallest absolute Gasteiger partial charge is 0.387 e. The lowest BCUT2D eigenvalue weighted by molar-refractivity contribution is -0.0499. The van der Waals surface area contributed by atoms with Crippen LogP contribution in [0.4, 0.5) is 8.78 Å². The predicted octanol–water partition coefficient (Wildman–Crippen LogP) is 4.52. The molecule has 1 aliphatic carbocycles. The van der Waals surface area contributed by atoms with Gasteiger partial charge in [0.2, 0.25) is 0 Å². The Hall–Kier alpha value is -1.16. The molecule has 0 bridgehead atoms. The van der Waals surface area contributed by atoms with Crippen molar-refractivity contribution in [2.75, 3.05) is 6.54 Å². The summed E-state index contributed by atoms with van der Waals surface area (Å²) >= 11 is 0. The first-order valence-electron chi connectivity index (χ1n) is 7.47. The highest BCUT2D eigenvalue weighted by molar-refractivity contribution is 5.30. The van der Waals surface area contributed by atoms with Crippen molar-refractivity contribution >= 4 is 0 Å². The quantitative estimate of drug-likeness (QED) is 0.794. The number of benzene rings is 1. The average molecular weight is 283 g/mol. The average Bonchev–Trinajstić information content (AvgIpc) is 2.91. The SMILES string of the molecule is CCNC(CC1CCCC1)c1cccc(OC(F)F)c1. The molecule has 0 radical (unpaired) electrons. The Balaban J connectivity index is 2.06. The molecule has 2 rings (SSSR count). The third-order valence-electron chi connectivity index (χ3n) is 3.98. The monoisotopic (exact) mass is 283 g/mol. The van der Waals surface area contributed by atoms with Gasteiger partial charge in [0.15, 0.2) is 0 Å². The van der Waals surface area contributed by atoms with E-state index in [2.05, 4.69) is 17.0 Å². The molecule has 2 nitrogen and oxygen atoms in total. The van der Waals surface area contributed by atoms with Crippen molar-refractivity contribution in [3.8, 4) is 5.75 Å². The van der Waals surface area contributed by atoms with Crippen LogP contribution in [0.3, 0.4) is 0 Å². The van der Waals surface area contributed by atoms with Gasteiger partial charge in [-0.3, -0.25) is 0 Å². The van der Waals surface area contributed by atoms with E-state index >= 15 is 0 Å². The van der Waals surface area contributed by atoms with Crippen LogP contribution in [0.5, 0.6) is 5.75 Å². The summed E-state index contributed by atoms with van der Waals surface area (Å²) in [4.78, 5) is 0. The van der Waals surface area contributed by atoms with Gasteiger partial charge in [-0.2, -0.15) is 8.78 Å². The van der Waals surface area contributed by atoms with E-state index in [1.807, 2.05) is 6.07 Å². The topological polar surface area (TPSA) is 21.3 Å². The highest BCUT2D eigenvalue weighted by Crippen LogP contribution is 2.33. The van der Waals surface area contributed by atoms with E-state index in [9.17, 15) is 8.78 Å². The van der Waals surface area contributed by atoms with Crippen LogP contribution in [-0.4, -0.2) is 13.2 Å². The van der Waals surface area contributed by atoms with Crippen LogP contribution in [0.15, 0.2) is 24.3 Å². The van der Waals surface area contributed by atoms with Gasteiger partial charge in [0.1, 0.15) is 5.75 Å². The third kappa shape index (κ3) is 4.44. The Morgan fingerprint density at radius 2 is 2.05 bits per heavy atom. The first kappa shape index (κ1) is 15.2. The second kappa shape index (κ2) is 7.58. The summed E-state index contributed by atoms with van der Waals surface area (Å²) in [5, 5.41) is 3.46. The molecule has 1 atom stereocenters. The standard InChI is InChI=1S/C16H23F2NO/c1-2-19-15(10-12-6-3-4-7-12)13-8-5-9-14(11-13)20-16(17)18/h5,8-9,11-12,15-16,19H,2-4,6-7,10H2,1H3. The van der Waals surface area contributed by atoms with Crippen molar-refractivity contribution in [3.05, 3.63) is 29.8 Å². The zero-order valence-corrected chi connectivity index (χ0v) is 11.9. The molecular formula is C16H23F2NO. The van der Waals surface area contributed by atoms with Crippen molar-refractivity contribution in [3.63, 3.8) is 0 Å². The first-order chi connectivity index (χ1) is 9.69. The molecule has 1 saturated carbocycles. The van der Waals surface area contributed by atoms with Gasteiger partial charge in [-0.15, -0.1) is 0 Å². The Kier molecular flexibility index (Phi) is 5.77. The van der Waals surface area contributed by atoms with Gasteiger partial charge in [-0.25, -0.2) is 0 Å². The van der Waals surface area contributed by atoms with Crippen LogP contribution in [0.2, 0.25) is 0 Å². The maximum atomic E-state index is 12.3. The first-order valence-corrected chi connectivity index (χ1v) is 7.47. The van der Waals surface area contributed by atoms with Crippen LogP contribution >= 0.6 is 0 Å². The van der Waals surface area contributed by atoms with Crippen molar-refractivity contribution < 1.29 is 13.5 Å². The van der Waals surface area contributed by atoms with Gasteiger partial charge in [0, 0.05) is 6.04 Å². The minimum atomic E-state index is -2.77. The zero-order chi connectivity index (χ0) is 14.4. The highest BCUT2D eigenvalue weighted by Gasteiger charge is 2.21. The van der Waals surface area contributed by atoms with Gasteiger partial charge in [0.25, 0.3) is 0 Å². The van der Waals surface area contributed by atoms with E-state index < -0.39 is 6.61 Å². The molecule has 1 N–H and O–H groups in total. The number of alkyl halides is 2. The molecule has 0 spiro atoms.